The van der Waals surface area contributed by atoms with Crippen LogP contribution in [0.15, 0.2) is 18.2 Å². The van der Waals surface area contributed by atoms with Crippen LogP contribution < -0.4 is 0 Å². The smallest absolute Gasteiger partial charge is 0.342 e. The minimum atomic E-state index is -3.14. The van der Waals surface area contributed by atoms with Gasteiger partial charge in [-0.25, -0.2) is 13.2 Å². The Labute approximate surface area is 163 Å². The van der Waals surface area contributed by atoms with Crippen molar-refractivity contribution < 1.29 is 27.9 Å². The number of sulfone groups is 1. The summed E-state index contributed by atoms with van der Waals surface area (Å²) in [6, 6.07) is 3.58. The van der Waals surface area contributed by atoms with Crippen molar-refractivity contribution in [1.29, 1.82) is 0 Å². The maximum Gasteiger partial charge on any atom is 0.342 e. The van der Waals surface area contributed by atoms with Gasteiger partial charge >= 0.3 is 5.97 Å². The molecule has 1 saturated heterocycles. The minimum Gasteiger partial charge on any atom is -0.507 e. The van der Waals surface area contributed by atoms with Crippen LogP contribution in [0, 0.1) is 0 Å². The second-order valence-corrected chi connectivity index (χ2v) is 9.70. The van der Waals surface area contributed by atoms with E-state index in [9.17, 15) is 23.1 Å². The van der Waals surface area contributed by atoms with Crippen LogP contribution in [-0.4, -0.2) is 60.5 Å². The highest BCUT2D eigenvalue weighted by atomic mass is 35.5. The molecule has 1 aliphatic carbocycles. The minimum absolute atomic E-state index is 0.0194. The van der Waals surface area contributed by atoms with Crippen molar-refractivity contribution in [3.63, 3.8) is 0 Å². The summed E-state index contributed by atoms with van der Waals surface area (Å²) in [7, 11) is -3.14. The van der Waals surface area contributed by atoms with E-state index in [1.165, 1.54) is 18.2 Å². The summed E-state index contributed by atoms with van der Waals surface area (Å²) in [4.78, 5) is 26.6. The van der Waals surface area contributed by atoms with Gasteiger partial charge in [0.2, 0.25) is 0 Å². The number of hydrogen-bond donors (Lipinski definition) is 1. The molecule has 0 unspecified atom stereocenters. The van der Waals surface area contributed by atoms with E-state index in [-0.39, 0.29) is 39.9 Å². The van der Waals surface area contributed by atoms with Gasteiger partial charge < -0.3 is 14.7 Å². The highest BCUT2D eigenvalue weighted by Crippen LogP contribution is 2.29. The summed E-state index contributed by atoms with van der Waals surface area (Å²) < 4.78 is 28.8. The molecule has 1 amide bonds. The molecule has 1 aromatic carbocycles. The van der Waals surface area contributed by atoms with Crippen molar-refractivity contribution in [2.24, 2.45) is 0 Å². The van der Waals surface area contributed by atoms with E-state index in [0.717, 1.165) is 25.7 Å². The first-order valence-corrected chi connectivity index (χ1v) is 11.1. The number of halogens is 1. The molecular formula is C18H22ClNO6S. The molecule has 1 atom stereocenters. The van der Waals surface area contributed by atoms with Gasteiger partial charge in [0.05, 0.1) is 11.5 Å². The fourth-order valence-corrected chi connectivity index (χ4v) is 5.72. The Bertz CT molecular complexity index is 834. The molecule has 9 heteroatoms. The molecular weight excluding hydrogens is 394 g/mol. The van der Waals surface area contributed by atoms with Crippen LogP contribution in [0.1, 0.15) is 42.5 Å². The van der Waals surface area contributed by atoms with Crippen molar-refractivity contribution >= 4 is 33.3 Å². The molecule has 1 N–H and O–H groups in total. The van der Waals surface area contributed by atoms with E-state index in [1.54, 1.807) is 4.90 Å². The topological polar surface area (TPSA) is 101 Å². The van der Waals surface area contributed by atoms with Crippen LogP contribution in [0.5, 0.6) is 5.75 Å². The highest BCUT2D eigenvalue weighted by molar-refractivity contribution is 7.91. The Hall–Kier alpha value is -1.80. The number of hydrogen-bond acceptors (Lipinski definition) is 6. The van der Waals surface area contributed by atoms with Gasteiger partial charge in [-0.05, 0) is 37.5 Å². The molecule has 2 aliphatic rings. The zero-order valence-electron chi connectivity index (χ0n) is 14.8. The maximum absolute atomic E-state index is 12.8. The molecule has 0 aromatic heterocycles. The average molecular weight is 416 g/mol. The number of phenols is 1. The molecule has 1 aromatic rings. The molecule has 2 fully saturated rings. The van der Waals surface area contributed by atoms with Crippen LogP contribution in [-0.2, 0) is 19.4 Å². The van der Waals surface area contributed by atoms with E-state index < -0.39 is 28.3 Å². The molecule has 1 aliphatic heterocycles. The number of aromatic hydroxyl groups is 1. The lowest BCUT2D eigenvalue weighted by Crippen LogP contribution is -2.48. The van der Waals surface area contributed by atoms with E-state index in [0.29, 0.717) is 6.42 Å². The van der Waals surface area contributed by atoms with Gasteiger partial charge in [0.15, 0.2) is 16.4 Å². The van der Waals surface area contributed by atoms with Crippen LogP contribution in [0.3, 0.4) is 0 Å². The largest absolute Gasteiger partial charge is 0.507 e. The maximum atomic E-state index is 12.8. The van der Waals surface area contributed by atoms with Crippen molar-refractivity contribution in [1.82, 2.24) is 4.90 Å². The second-order valence-electron chi connectivity index (χ2n) is 7.03. The highest BCUT2D eigenvalue weighted by Gasteiger charge is 2.39. The third kappa shape index (κ3) is 4.73. The summed E-state index contributed by atoms with van der Waals surface area (Å²) in [5.41, 5.74) is -0.119. The molecule has 3 rings (SSSR count). The summed E-state index contributed by atoms with van der Waals surface area (Å²) in [5, 5.41) is 10.0. The number of ether oxygens (including phenoxy) is 1. The lowest BCUT2D eigenvalue weighted by Gasteiger charge is -2.33. The Balaban J connectivity index is 1.69. The van der Waals surface area contributed by atoms with E-state index >= 15 is 0 Å². The van der Waals surface area contributed by atoms with Gasteiger partial charge in [-0.1, -0.05) is 24.4 Å². The van der Waals surface area contributed by atoms with Crippen molar-refractivity contribution in [3.8, 4) is 5.75 Å². The van der Waals surface area contributed by atoms with Crippen molar-refractivity contribution in [2.45, 2.75) is 44.2 Å². The summed E-state index contributed by atoms with van der Waals surface area (Å²) in [6.45, 7) is -0.502. The van der Waals surface area contributed by atoms with E-state index in [1.807, 2.05) is 0 Å². The van der Waals surface area contributed by atoms with Crippen LogP contribution in [0.2, 0.25) is 5.02 Å². The number of rotatable bonds is 5. The first kappa shape index (κ1) is 19.9. The van der Waals surface area contributed by atoms with Gasteiger partial charge in [-0.15, -0.1) is 0 Å². The number of amides is 1. The molecule has 1 heterocycles. The average Bonchev–Trinajstić information content (AvgIpc) is 3.25. The van der Waals surface area contributed by atoms with Crippen LogP contribution in [0.4, 0.5) is 0 Å². The Kier molecular flexibility index (Phi) is 5.95. The van der Waals surface area contributed by atoms with Crippen LogP contribution in [0.25, 0.3) is 0 Å². The standard InChI is InChI=1S/C18H22ClNO6S/c19-12-5-6-16(21)15(9-12)18(23)26-10-17(22)20(13-3-1-2-4-13)14-7-8-27(24,25)11-14/h5-6,9,13-14,21H,1-4,7-8,10-11H2/t14-/m0/s1. The van der Waals surface area contributed by atoms with Gasteiger partial charge in [-0.2, -0.15) is 0 Å². The Morgan fingerprint density at radius 1 is 1.19 bits per heavy atom. The molecule has 7 nitrogen and oxygen atoms in total. The SMILES string of the molecule is O=C(OCC(=O)N(C1CCCC1)[C@H]1CCS(=O)(=O)C1)c1cc(Cl)ccc1O. The zero-order chi connectivity index (χ0) is 19.6. The predicted octanol–water partition coefficient (Wildman–Crippen LogP) is 2.16. The monoisotopic (exact) mass is 415 g/mol. The van der Waals surface area contributed by atoms with E-state index in [2.05, 4.69) is 0 Å². The number of nitrogens with zero attached hydrogens (tertiary/aromatic N) is 1. The number of esters is 1. The van der Waals surface area contributed by atoms with Gasteiger partial charge in [0, 0.05) is 17.1 Å². The summed E-state index contributed by atoms with van der Waals surface area (Å²) in [6.07, 6.45) is 4.04. The quantitative estimate of drug-likeness (QED) is 0.739. The third-order valence-electron chi connectivity index (χ3n) is 5.11. The number of benzene rings is 1. The van der Waals surface area contributed by atoms with E-state index in [4.69, 9.17) is 16.3 Å². The number of carbonyl (C=O) groups is 2. The normalized spacial score (nSPS) is 21.9. The lowest BCUT2D eigenvalue weighted by atomic mass is 10.1. The number of phenolic OH excluding ortho intramolecular Hbond substituents is 1. The molecule has 27 heavy (non-hydrogen) atoms. The summed E-state index contributed by atoms with van der Waals surface area (Å²) in [5.74, 6) is -1.51. The molecule has 0 bridgehead atoms. The predicted molar refractivity (Wildman–Crippen MR) is 99.6 cm³/mol. The molecule has 0 radical (unpaired) electrons. The molecule has 148 valence electrons. The first-order valence-electron chi connectivity index (χ1n) is 8.94. The van der Waals surface area contributed by atoms with Gasteiger partial charge in [-0.3, -0.25) is 4.79 Å². The van der Waals surface area contributed by atoms with Crippen molar-refractivity contribution in [3.05, 3.63) is 28.8 Å². The fraction of sp³-hybridized carbons (Fsp3) is 0.556. The van der Waals surface area contributed by atoms with Crippen molar-refractivity contribution in [2.75, 3.05) is 18.1 Å². The summed E-state index contributed by atoms with van der Waals surface area (Å²) >= 11 is 5.82. The van der Waals surface area contributed by atoms with Gasteiger partial charge in [0.1, 0.15) is 11.3 Å². The van der Waals surface area contributed by atoms with Gasteiger partial charge in [0.25, 0.3) is 5.91 Å². The first-order chi connectivity index (χ1) is 12.8. The second kappa shape index (κ2) is 8.06. The number of carbonyl (C=O) groups excluding carboxylic acids is 2. The Morgan fingerprint density at radius 3 is 2.52 bits per heavy atom. The van der Waals surface area contributed by atoms with Crippen LogP contribution >= 0.6 is 11.6 Å². The third-order valence-corrected chi connectivity index (χ3v) is 7.10. The Morgan fingerprint density at radius 2 is 1.89 bits per heavy atom. The molecule has 1 saturated carbocycles. The lowest BCUT2D eigenvalue weighted by molar-refractivity contribution is -0.139. The molecule has 0 spiro atoms. The fourth-order valence-electron chi connectivity index (χ4n) is 3.83. The zero-order valence-corrected chi connectivity index (χ0v) is 16.3.